The molecule has 1 N–H and O–H groups in total. The van der Waals surface area contributed by atoms with E-state index in [-0.39, 0.29) is 24.8 Å². The zero-order valence-electron chi connectivity index (χ0n) is 16.5. The Labute approximate surface area is 169 Å². The maximum absolute atomic E-state index is 12.4. The number of hydrogen-bond acceptors (Lipinski definition) is 5. The number of anilines is 1. The van der Waals surface area contributed by atoms with Crippen LogP contribution in [0.4, 0.5) is 5.00 Å². The van der Waals surface area contributed by atoms with Crippen molar-refractivity contribution >= 4 is 34.1 Å². The van der Waals surface area contributed by atoms with Gasteiger partial charge in [0, 0.05) is 31.3 Å². The molecule has 0 aliphatic carbocycles. The minimum absolute atomic E-state index is 0.0896. The van der Waals surface area contributed by atoms with Crippen LogP contribution >= 0.6 is 11.3 Å². The lowest BCUT2D eigenvalue weighted by Crippen LogP contribution is -2.31. The summed E-state index contributed by atoms with van der Waals surface area (Å²) in [7, 11) is 0. The van der Waals surface area contributed by atoms with Crippen molar-refractivity contribution in [3.63, 3.8) is 0 Å². The molecule has 0 atom stereocenters. The predicted molar refractivity (Wildman–Crippen MR) is 110 cm³/mol. The van der Waals surface area contributed by atoms with Gasteiger partial charge in [-0.05, 0) is 25.0 Å². The molecule has 0 saturated carbocycles. The van der Waals surface area contributed by atoms with Crippen LogP contribution in [0.15, 0.2) is 36.4 Å². The standard InChI is InChI=1S/C21H26N2O4S/c1-4-17-13-18(21(26)27-5-2)20(28-17)22-19(25)11-12-23(15(3)24)14-16-9-7-6-8-10-16/h6-10,13H,4-5,11-12,14H2,1-3H3,(H,22,25). The van der Waals surface area contributed by atoms with Crippen molar-refractivity contribution in [3.05, 3.63) is 52.4 Å². The van der Waals surface area contributed by atoms with Gasteiger partial charge in [0.2, 0.25) is 11.8 Å². The number of ether oxygens (including phenoxy) is 1. The van der Waals surface area contributed by atoms with Gasteiger partial charge in [0.15, 0.2) is 0 Å². The van der Waals surface area contributed by atoms with Crippen LogP contribution in [0, 0.1) is 0 Å². The topological polar surface area (TPSA) is 75.7 Å². The number of aryl methyl sites for hydroxylation is 1. The van der Waals surface area contributed by atoms with E-state index < -0.39 is 5.97 Å². The second kappa shape index (κ2) is 10.6. The lowest BCUT2D eigenvalue weighted by molar-refractivity contribution is -0.129. The van der Waals surface area contributed by atoms with Gasteiger partial charge >= 0.3 is 5.97 Å². The number of benzene rings is 1. The summed E-state index contributed by atoms with van der Waals surface area (Å²) in [5.74, 6) is -0.772. The van der Waals surface area contributed by atoms with E-state index in [1.807, 2.05) is 37.3 Å². The fraction of sp³-hybridized carbons (Fsp3) is 0.381. The molecule has 1 aromatic heterocycles. The summed E-state index contributed by atoms with van der Waals surface area (Å²) < 4.78 is 5.07. The van der Waals surface area contributed by atoms with Gasteiger partial charge in [0.25, 0.3) is 0 Å². The molecule has 0 saturated heterocycles. The molecule has 0 aliphatic rings. The molecule has 1 aromatic carbocycles. The Morgan fingerprint density at radius 3 is 2.46 bits per heavy atom. The largest absolute Gasteiger partial charge is 0.462 e. The Balaban J connectivity index is 2.00. The van der Waals surface area contributed by atoms with Crippen LogP contribution in [0.2, 0.25) is 0 Å². The minimum atomic E-state index is -0.441. The summed E-state index contributed by atoms with van der Waals surface area (Å²) in [6.07, 6.45) is 0.913. The number of amides is 2. The van der Waals surface area contributed by atoms with E-state index in [1.165, 1.54) is 18.3 Å². The Hall–Kier alpha value is -2.67. The van der Waals surface area contributed by atoms with Crippen molar-refractivity contribution in [1.29, 1.82) is 0 Å². The number of esters is 1. The van der Waals surface area contributed by atoms with Crippen molar-refractivity contribution in [2.75, 3.05) is 18.5 Å². The van der Waals surface area contributed by atoms with Crippen molar-refractivity contribution in [2.24, 2.45) is 0 Å². The average Bonchev–Trinajstić information content (AvgIpc) is 3.09. The lowest BCUT2D eigenvalue weighted by Gasteiger charge is -2.21. The highest BCUT2D eigenvalue weighted by Crippen LogP contribution is 2.29. The summed E-state index contributed by atoms with van der Waals surface area (Å²) in [5.41, 5.74) is 1.39. The average molecular weight is 403 g/mol. The normalized spacial score (nSPS) is 10.4. The molecule has 0 unspecified atom stereocenters. The Morgan fingerprint density at radius 1 is 1.14 bits per heavy atom. The van der Waals surface area contributed by atoms with E-state index >= 15 is 0 Å². The van der Waals surface area contributed by atoms with Gasteiger partial charge in [-0.1, -0.05) is 37.3 Å². The second-order valence-electron chi connectivity index (χ2n) is 6.25. The van der Waals surface area contributed by atoms with Gasteiger partial charge in [-0.15, -0.1) is 11.3 Å². The zero-order valence-corrected chi connectivity index (χ0v) is 17.3. The van der Waals surface area contributed by atoms with Crippen LogP contribution in [-0.2, 0) is 27.3 Å². The third-order valence-corrected chi connectivity index (χ3v) is 5.35. The smallest absolute Gasteiger partial charge is 0.341 e. The molecular formula is C21H26N2O4S. The van der Waals surface area contributed by atoms with E-state index in [0.717, 1.165) is 16.9 Å². The van der Waals surface area contributed by atoms with E-state index in [9.17, 15) is 14.4 Å². The van der Waals surface area contributed by atoms with Crippen LogP contribution in [0.25, 0.3) is 0 Å². The van der Waals surface area contributed by atoms with E-state index in [0.29, 0.717) is 23.7 Å². The van der Waals surface area contributed by atoms with Gasteiger partial charge in [-0.25, -0.2) is 4.79 Å². The minimum Gasteiger partial charge on any atom is -0.462 e. The first-order valence-electron chi connectivity index (χ1n) is 9.33. The van der Waals surface area contributed by atoms with Crippen LogP contribution < -0.4 is 5.32 Å². The quantitative estimate of drug-likeness (QED) is 0.646. The van der Waals surface area contributed by atoms with Crippen molar-refractivity contribution < 1.29 is 19.1 Å². The van der Waals surface area contributed by atoms with Gasteiger partial charge in [0.1, 0.15) is 5.00 Å². The van der Waals surface area contributed by atoms with Crippen LogP contribution in [0.3, 0.4) is 0 Å². The molecule has 0 spiro atoms. The molecule has 2 aromatic rings. The maximum Gasteiger partial charge on any atom is 0.341 e. The third-order valence-electron chi connectivity index (χ3n) is 4.15. The number of carbonyl (C=O) groups excluding carboxylic acids is 3. The highest BCUT2D eigenvalue weighted by atomic mass is 32.1. The molecular weight excluding hydrogens is 376 g/mol. The molecule has 2 amide bonds. The van der Waals surface area contributed by atoms with Gasteiger partial charge < -0.3 is 15.0 Å². The molecule has 0 fully saturated rings. The molecule has 150 valence electrons. The SMILES string of the molecule is CCOC(=O)c1cc(CC)sc1NC(=O)CCN(Cc1ccccc1)C(C)=O. The maximum atomic E-state index is 12.4. The summed E-state index contributed by atoms with van der Waals surface area (Å²) in [4.78, 5) is 39.1. The first-order valence-corrected chi connectivity index (χ1v) is 10.1. The highest BCUT2D eigenvalue weighted by molar-refractivity contribution is 7.16. The predicted octanol–water partition coefficient (Wildman–Crippen LogP) is 3.86. The highest BCUT2D eigenvalue weighted by Gasteiger charge is 2.19. The zero-order chi connectivity index (χ0) is 20.5. The van der Waals surface area contributed by atoms with E-state index in [4.69, 9.17) is 4.74 Å². The summed E-state index contributed by atoms with van der Waals surface area (Å²) >= 11 is 1.37. The summed E-state index contributed by atoms with van der Waals surface area (Å²) in [6, 6.07) is 11.4. The Bertz CT molecular complexity index is 817. The summed E-state index contributed by atoms with van der Waals surface area (Å²) in [6.45, 7) is 6.25. The molecule has 28 heavy (non-hydrogen) atoms. The third kappa shape index (κ3) is 6.20. The van der Waals surface area contributed by atoms with E-state index in [2.05, 4.69) is 5.32 Å². The van der Waals surface area contributed by atoms with Gasteiger partial charge in [-0.2, -0.15) is 0 Å². The van der Waals surface area contributed by atoms with Crippen LogP contribution in [0.1, 0.15) is 48.0 Å². The molecule has 0 radical (unpaired) electrons. The van der Waals surface area contributed by atoms with Crippen molar-refractivity contribution in [1.82, 2.24) is 4.90 Å². The molecule has 1 heterocycles. The number of nitrogens with one attached hydrogen (secondary N) is 1. The fourth-order valence-corrected chi connectivity index (χ4v) is 3.65. The van der Waals surface area contributed by atoms with Crippen molar-refractivity contribution in [3.8, 4) is 0 Å². The number of carbonyl (C=O) groups is 3. The summed E-state index contributed by atoms with van der Waals surface area (Å²) in [5, 5.41) is 3.30. The molecule has 6 nitrogen and oxygen atoms in total. The number of nitrogens with zero attached hydrogens (tertiary/aromatic N) is 1. The monoisotopic (exact) mass is 402 g/mol. The van der Waals surface area contributed by atoms with Crippen LogP contribution in [0.5, 0.6) is 0 Å². The number of thiophene rings is 1. The Morgan fingerprint density at radius 2 is 1.86 bits per heavy atom. The Kier molecular flexibility index (Phi) is 8.19. The second-order valence-corrected chi connectivity index (χ2v) is 7.39. The van der Waals surface area contributed by atoms with Crippen molar-refractivity contribution in [2.45, 2.75) is 40.2 Å². The first kappa shape index (κ1) is 21.6. The van der Waals surface area contributed by atoms with Gasteiger partial charge in [-0.3, -0.25) is 9.59 Å². The molecule has 7 heteroatoms. The van der Waals surface area contributed by atoms with Crippen LogP contribution in [-0.4, -0.2) is 35.8 Å². The lowest BCUT2D eigenvalue weighted by atomic mass is 10.2. The molecule has 0 aliphatic heterocycles. The van der Waals surface area contributed by atoms with Gasteiger partial charge in [0.05, 0.1) is 12.2 Å². The molecule has 2 rings (SSSR count). The van der Waals surface area contributed by atoms with E-state index in [1.54, 1.807) is 17.9 Å². The molecule has 0 bridgehead atoms. The number of hydrogen-bond donors (Lipinski definition) is 1. The first-order chi connectivity index (χ1) is 13.4. The fourth-order valence-electron chi connectivity index (χ4n) is 2.65. The number of rotatable bonds is 9.